The topological polar surface area (TPSA) is 60.9 Å². The number of nitrogens with zero attached hydrogens (tertiary/aromatic N) is 2. The summed E-state index contributed by atoms with van der Waals surface area (Å²) in [6.45, 7) is 6.34. The first kappa shape index (κ1) is 17.9. The lowest BCUT2D eigenvalue weighted by atomic mass is 10.0. The number of aldehydes is 1. The van der Waals surface area contributed by atoms with Gasteiger partial charge in [-0.2, -0.15) is 0 Å². The molecule has 2 aromatic carbocycles. The fourth-order valence-electron chi connectivity index (χ4n) is 3.35. The lowest BCUT2D eigenvalue weighted by Crippen LogP contribution is -2.06. The summed E-state index contributed by atoms with van der Waals surface area (Å²) >= 11 is 0. The van der Waals surface area contributed by atoms with Gasteiger partial charge in [-0.1, -0.05) is 45.0 Å². The van der Waals surface area contributed by atoms with Crippen LogP contribution in [0, 0.1) is 0 Å². The molecule has 0 atom stereocenters. The van der Waals surface area contributed by atoms with E-state index in [0.29, 0.717) is 5.95 Å². The molecular formula is C22H25N3O. The molecule has 0 spiro atoms. The van der Waals surface area contributed by atoms with Crippen LogP contribution in [0.4, 0.5) is 5.95 Å². The van der Waals surface area contributed by atoms with Crippen molar-refractivity contribution in [1.82, 2.24) is 9.55 Å². The van der Waals surface area contributed by atoms with Gasteiger partial charge >= 0.3 is 0 Å². The molecule has 0 aliphatic carbocycles. The van der Waals surface area contributed by atoms with Crippen molar-refractivity contribution in [2.45, 2.75) is 40.0 Å². The fourth-order valence-corrected chi connectivity index (χ4v) is 3.35. The van der Waals surface area contributed by atoms with Crippen molar-refractivity contribution in [3.8, 4) is 16.9 Å². The molecule has 0 amide bonds. The number of aromatic nitrogens is 2. The minimum atomic E-state index is 0.473. The van der Waals surface area contributed by atoms with Crippen LogP contribution >= 0.6 is 0 Å². The van der Waals surface area contributed by atoms with Gasteiger partial charge in [-0.05, 0) is 48.1 Å². The minimum Gasteiger partial charge on any atom is -0.369 e. The summed E-state index contributed by atoms with van der Waals surface area (Å²) < 4.78 is 2.02. The summed E-state index contributed by atoms with van der Waals surface area (Å²) in [6, 6.07) is 12.4. The Morgan fingerprint density at radius 3 is 2.42 bits per heavy atom. The molecule has 0 saturated heterocycles. The molecule has 3 rings (SSSR count). The van der Waals surface area contributed by atoms with Crippen molar-refractivity contribution in [3.63, 3.8) is 0 Å². The van der Waals surface area contributed by atoms with Crippen LogP contribution in [0.3, 0.4) is 0 Å². The van der Waals surface area contributed by atoms with E-state index < -0.39 is 0 Å². The second kappa shape index (κ2) is 7.56. The maximum absolute atomic E-state index is 11.2. The van der Waals surface area contributed by atoms with Crippen LogP contribution in [-0.2, 0) is 19.3 Å². The monoisotopic (exact) mass is 347 g/mol. The number of carbonyl (C=O) groups is 1. The number of nitrogens with two attached hydrogens (primary N) is 1. The van der Waals surface area contributed by atoms with Crippen LogP contribution in [0.1, 0.15) is 47.8 Å². The Balaban J connectivity index is 2.22. The predicted octanol–water partition coefficient (Wildman–Crippen LogP) is 4.62. The number of anilines is 1. The number of benzene rings is 2. The van der Waals surface area contributed by atoms with Gasteiger partial charge in [0, 0.05) is 11.1 Å². The highest BCUT2D eigenvalue weighted by molar-refractivity contribution is 5.80. The predicted molar refractivity (Wildman–Crippen MR) is 107 cm³/mol. The van der Waals surface area contributed by atoms with Gasteiger partial charge in [0.25, 0.3) is 0 Å². The highest BCUT2D eigenvalue weighted by Gasteiger charge is 2.15. The lowest BCUT2D eigenvalue weighted by molar-refractivity contribution is 0.112. The zero-order valence-corrected chi connectivity index (χ0v) is 15.6. The second-order valence-corrected chi connectivity index (χ2v) is 6.39. The molecule has 134 valence electrons. The zero-order chi connectivity index (χ0) is 18.7. The number of hydrogen-bond donors (Lipinski definition) is 1. The molecule has 0 unspecified atom stereocenters. The Labute approximate surface area is 154 Å². The van der Waals surface area contributed by atoms with Gasteiger partial charge in [-0.15, -0.1) is 0 Å². The van der Waals surface area contributed by atoms with Gasteiger partial charge in [0.2, 0.25) is 5.95 Å². The largest absolute Gasteiger partial charge is 0.369 e. The van der Waals surface area contributed by atoms with Crippen molar-refractivity contribution in [2.24, 2.45) is 0 Å². The molecule has 0 fully saturated rings. The Bertz CT molecular complexity index is 941. The van der Waals surface area contributed by atoms with Crippen LogP contribution < -0.4 is 5.73 Å². The van der Waals surface area contributed by atoms with Gasteiger partial charge in [0.15, 0.2) is 0 Å². The number of rotatable bonds is 6. The number of hydrogen-bond acceptors (Lipinski definition) is 3. The maximum Gasteiger partial charge on any atom is 0.205 e. The van der Waals surface area contributed by atoms with Crippen molar-refractivity contribution in [2.75, 3.05) is 5.73 Å². The highest BCUT2D eigenvalue weighted by Crippen LogP contribution is 2.30. The molecule has 1 aromatic heterocycles. The van der Waals surface area contributed by atoms with Gasteiger partial charge in [-0.25, -0.2) is 4.98 Å². The Morgan fingerprint density at radius 1 is 1.00 bits per heavy atom. The molecule has 0 aliphatic rings. The third kappa shape index (κ3) is 3.15. The molecule has 0 saturated carbocycles. The molecule has 1 heterocycles. The Kier molecular flexibility index (Phi) is 5.21. The van der Waals surface area contributed by atoms with E-state index in [4.69, 9.17) is 5.73 Å². The third-order valence-corrected chi connectivity index (χ3v) is 4.92. The van der Waals surface area contributed by atoms with Crippen molar-refractivity contribution in [3.05, 3.63) is 64.8 Å². The molecule has 26 heavy (non-hydrogen) atoms. The average molecular weight is 347 g/mol. The van der Waals surface area contributed by atoms with Gasteiger partial charge in [-0.3, -0.25) is 9.36 Å². The molecule has 0 aliphatic heterocycles. The fraction of sp³-hybridized carbons (Fsp3) is 0.273. The number of aryl methyl sites for hydroxylation is 3. The van der Waals surface area contributed by atoms with E-state index in [-0.39, 0.29) is 0 Å². The zero-order valence-electron chi connectivity index (χ0n) is 15.6. The van der Waals surface area contributed by atoms with Crippen molar-refractivity contribution >= 4 is 12.2 Å². The van der Waals surface area contributed by atoms with E-state index in [9.17, 15) is 4.79 Å². The molecule has 4 nitrogen and oxygen atoms in total. The first-order valence-corrected chi connectivity index (χ1v) is 9.16. The molecule has 0 radical (unpaired) electrons. The van der Waals surface area contributed by atoms with E-state index in [0.717, 1.165) is 53.6 Å². The first-order chi connectivity index (χ1) is 12.6. The van der Waals surface area contributed by atoms with E-state index in [1.54, 1.807) is 0 Å². The molecule has 3 aromatic rings. The SMILES string of the molecule is CCc1ccc(CC)c(-n2c(-c3ccc(C=O)c(CC)c3)cnc2N)c1. The minimum absolute atomic E-state index is 0.473. The summed E-state index contributed by atoms with van der Waals surface area (Å²) in [5, 5.41) is 0. The van der Waals surface area contributed by atoms with E-state index in [1.165, 1.54) is 11.1 Å². The normalized spacial score (nSPS) is 10.9. The Hall–Kier alpha value is -2.88. The molecule has 0 bridgehead atoms. The van der Waals surface area contributed by atoms with Crippen molar-refractivity contribution < 1.29 is 4.79 Å². The molecular weight excluding hydrogens is 322 g/mol. The van der Waals surface area contributed by atoms with E-state index in [1.807, 2.05) is 22.9 Å². The summed E-state index contributed by atoms with van der Waals surface area (Å²) in [7, 11) is 0. The first-order valence-electron chi connectivity index (χ1n) is 9.16. The van der Waals surface area contributed by atoms with Crippen LogP contribution in [-0.4, -0.2) is 15.8 Å². The van der Waals surface area contributed by atoms with E-state index in [2.05, 4.69) is 50.0 Å². The van der Waals surface area contributed by atoms with E-state index >= 15 is 0 Å². The van der Waals surface area contributed by atoms with Crippen LogP contribution in [0.5, 0.6) is 0 Å². The summed E-state index contributed by atoms with van der Waals surface area (Å²) in [4.78, 5) is 15.6. The van der Waals surface area contributed by atoms with Crippen molar-refractivity contribution in [1.29, 1.82) is 0 Å². The quantitative estimate of drug-likeness (QED) is 0.662. The standard InChI is InChI=1S/C22H25N3O/c1-4-15-7-8-16(5-2)20(11-15)25-21(13-24-22(25)23)18-9-10-19(14-26)17(6-3)12-18/h7-14H,4-6H2,1-3H3,(H2,23,24). The number of carbonyl (C=O) groups excluding carboxylic acids is 1. The molecule has 4 heteroatoms. The highest BCUT2D eigenvalue weighted by atomic mass is 16.1. The van der Waals surface area contributed by atoms with Gasteiger partial charge in [0.05, 0.1) is 17.6 Å². The molecule has 2 N–H and O–H groups in total. The smallest absolute Gasteiger partial charge is 0.205 e. The second-order valence-electron chi connectivity index (χ2n) is 6.39. The summed E-state index contributed by atoms with van der Waals surface area (Å²) in [6.07, 6.45) is 5.41. The van der Waals surface area contributed by atoms with Crippen LogP contribution in [0.2, 0.25) is 0 Å². The lowest BCUT2D eigenvalue weighted by Gasteiger charge is -2.16. The van der Waals surface area contributed by atoms with Gasteiger partial charge in [0.1, 0.15) is 6.29 Å². The Morgan fingerprint density at radius 2 is 1.77 bits per heavy atom. The third-order valence-electron chi connectivity index (χ3n) is 4.92. The average Bonchev–Trinajstić information content (AvgIpc) is 3.08. The van der Waals surface area contributed by atoms with Crippen LogP contribution in [0.25, 0.3) is 16.9 Å². The summed E-state index contributed by atoms with van der Waals surface area (Å²) in [5.41, 5.74) is 13.5. The number of imidazole rings is 1. The summed E-state index contributed by atoms with van der Waals surface area (Å²) in [5.74, 6) is 0.473. The van der Waals surface area contributed by atoms with Crippen LogP contribution in [0.15, 0.2) is 42.6 Å². The number of nitrogen functional groups attached to an aromatic ring is 1. The maximum atomic E-state index is 11.2. The van der Waals surface area contributed by atoms with Gasteiger partial charge < -0.3 is 5.73 Å².